The molecule has 3 fully saturated rings. The summed E-state index contributed by atoms with van der Waals surface area (Å²) in [5, 5.41) is 2.02. The van der Waals surface area contributed by atoms with Gasteiger partial charge < -0.3 is 0 Å². The molecular formula is C10H12S3. The molecule has 70 valence electrons. The molecule has 3 aliphatic carbocycles. The van der Waals surface area contributed by atoms with Gasteiger partial charge in [0.1, 0.15) is 0 Å². The van der Waals surface area contributed by atoms with Crippen LogP contribution < -0.4 is 0 Å². The highest BCUT2D eigenvalue weighted by molar-refractivity contribution is 9.11. The van der Waals surface area contributed by atoms with Gasteiger partial charge in [-0.25, -0.2) is 0 Å². The Bertz CT molecular complexity index is 273. The SMILES string of the molecule is C1=C[C@H]2[C@@H](C1)[C@@H]1C[C@H]2[C@H]2SSS[C@@H]12. The molecule has 3 heteroatoms. The molecule has 4 rings (SSSR count). The third-order valence-corrected chi connectivity index (χ3v) is 9.60. The molecule has 0 radical (unpaired) electrons. The lowest BCUT2D eigenvalue weighted by Gasteiger charge is -2.31. The van der Waals surface area contributed by atoms with Crippen LogP contribution in [-0.4, -0.2) is 10.5 Å². The molecule has 0 unspecified atom stereocenters. The van der Waals surface area contributed by atoms with E-state index in [0.29, 0.717) is 0 Å². The maximum Gasteiger partial charge on any atom is 0.0324 e. The molecule has 13 heavy (non-hydrogen) atoms. The van der Waals surface area contributed by atoms with Gasteiger partial charge in [0.05, 0.1) is 0 Å². The lowest BCUT2D eigenvalue weighted by molar-refractivity contribution is 0.300. The topological polar surface area (TPSA) is 0 Å². The number of hydrogen-bond donors (Lipinski definition) is 0. The van der Waals surface area contributed by atoms with Crippen molar-refractivity contribution in [1.82, 2.24) is 0 Å². The smallest absolute Gasteiger partial charge is 0.0324 e. The van der Waals surface area contributed by atoms with Crippen LogP contribution in [0.3, 0.4) is 0 Å². The van der Waals surface area contributed by atoms with Crippen LogP contribution in [0.2, 0.25) is 0 Å². The first kappa shape index (κ1) is 8.00. The molecule has 2 saturated carbocycles. The largest absolute Gasteiger partial charge is 0.0879 e. The Labute approximate surface area is 90.5 Å². The Kier molecular flexibility index (Phi) is 1.65. The molecule has 0 aromatic heterocycles. The van der Waals surface area contributed by atoms with Crippen LogP contribution in [0.25, 0.3) is 0 Å². The highest BCUT2D eigenvalue weighted by Crippen LogP contribution is 2.70. The van der Waals surface area contributed by atoms with Crippen LogP contribution in [0.4, 0.5) is 0 Å². The predicted molar refractivity (Wildman–Crippen MR) is 62.7 cm³/mol. The fraction of sp³-hybridized carbons (Fsp3) is 0.800. The van der Waals surface area contributed by atoms with Gasteiger partial charge in [0.15, 0.2) is 0 Å². The van der Waals surface area contributed by atoms with Gasteiger partial charge in [-0.05, 0) is 46.3 Å². The van der Waals surface area contributed by atoms with Crippen molar-refractivity contribution in [3.63, 3.8) is 0 Å². The van der Waals surface area contributed by atoms with Crippen LogP contribution in [0.15, 0.2) is 12.2 Å². The average Bonchev–Trinajstić information content (AvgIpc) is 2.81. The molecule has 0 N–H and O–H groups in total. The zero-order valence-corrected chi connectivity index (χ0v) is 9.71. The Morgan fingerprint density at radius 2 is 1.85 bits per heavy atom. The lowest BCUT2D eigenvalue weighted by atomic mass is 9.81. The van der Waals surface area contributed by atoms with E-state index in [-0.39, 0.29) is 0 Å². The summed E-state index contributed by atoms with van der Waals surface area (Å²) in [6.45, 7) is 0. The molecule has 1 aliphatic heterocycles. The summed E-state index contributed by atoms with van der Waals surface area (Å²) >= 11 is 0. The van der Waals surface area contributed by atoms with E-state index >= 15 is 0 Å². The molecule has 1 saturated heterocycles. The zero-order chi connectivity index (χ0) is 8.41. The minimum absolute atomic E-state index is 0.984. The summed E-state index contributed by atoms with van der Waals surface area (Å²) in [7, 11) is 6.41. The van der Waals surface area contributed by atoms with Crippen LogP contribution in [0.1, 0.15) is 12.8 Å². The third-order valence-electron chi connectivity index (χ3n) is 4.32. The van der Waals surface area contributed by atoms with Gasteiger partial charge in [0, 0.05) is 10.5 Å². The fourth-order valence-corrected chi connectivity index (χ4v) is 10.6. The second kappa shape index (κ2) is 2.67. The van der Waals surface area contributed by atoms with E-state index in [1.807, 2.05) is 0 Å². The number of rotatable bonds is 0. The van der Waals surface area contributed by atoms with Crippen molar-refractivity contribution < 1.29 is 0 Å². The predicted octanol–water partition coefficient (Wildman–Crippen LogP) is 3.61. The Balaban J connectivity index is 1.75. The average molecular weight is 228 g/mol. The molecular weight excluding hydrogens is 216 g/mol. The first-order valence-corrected chi connectivity index (χ1v) is 8.71. The summed E-state index contributed by atoms with van der Waals surface area (Å²) in [5.74, 6) is 4.16. The normalized spacial score (nSPS) is 61.5. The first-order valence-electron chi connectivity index (χ1n) is 5.10. The summed E-state index contributed by atoms with van der Waals surface area (Å²) < 4.78 is 0. The van der Waals surface area contributed by atoms with Gasteiger partial charge in [0.2, 0.25) is 0 Å². The van der Waals surface area contributed by atoms with Gasteiger partial charge >= 0.3 is 0 Å². The molecule has 6 atom stereocenters. The second-order valence-electron chi connectivity index (χ2n) is 4.66. The molecule has 0 aromatic rings. The van der Waals surface area contributed by atoms with Gasteiger partial charge in [-0.1, -0.05) is 33.7 Å². The summed E-state index contributed by atoms with van der Waals surface area (Å²) in [6.07, 6.45) is 7.91. The van der Waals surface area contributed by atoms with Crippen molar-refractivity contribution in [3.05, 3.63) is 12.2 Å². The monoisotopic (exact) mass is 228 g/mol. The van der Waals surface area contributed by atoms with E-state index in [9.17, 15) is 0 Å². The van der Waals surface area contributed by atoms with Gasteiger partial charge in [-0.15, -0.1) is 0 Å². The van der Waals surface area contributed by atoms with Crippen molar-refractivity contribution in [2.45, 2.75) is 23.3 Å². The first-order chi connectivity index (χ1) is 6.45. The zero-order valence-electron chi connectivity index (χ0n) is 7.26. The molecule has 0 spiro atoms. The minimum atomic E-state index is 0.984. The van der Waals surface area contributed by atoms with Crippen LogP contribution in [0, 0.1) is 23.7 Å². The van der Waals surface area contributed by atoms with Crippen molar-refractivity contribution in [2.75, 3.05) is 0 Å². The van der Waals surface area contributed by atoms with E-state index in [1.165, 1.54) is 6.42 Å². The number of allylic oxidation sites excluding steroid dienone is 2. The molecule has 2 bridgehead atoms. The van der Waals surface area contributed by atoms with E-state index in [0.717, 1.165) is 34.2 Å². The van der Waals surface area contributed by atoms with Crippen molar-refractivity contribution in [2.24, 2.45) is 23.7 Å². The maximum absolute atomic E-state index is 2.53. The van der Waals surface area contributed by atoms with Crippen molar-refractivity contribution in [3.8, 4) is 0 Å². The maximum atomic E-state index is 2.53. The van der Waals surface area contributed by atoms with Gasteiger partial charge in [-0.3, -0.25) is 0 Å². The molecule has 0 nitrogen and oxygen atoms in total. The quantitative estimate of drug-likeness (QED) is 0.459. The lowest BCUT2D eigenvalue weighted by Crippen LogP contribution is -2.33. The van der Waals surface area contributed by atoms with E-state index in [4.69, 9.17) is 0 Å². The summed E-state index contributed by atoms with van der Waals surface area (Å²) in [4.78, 5) is 0. The van der Waals surface area contributed by atoms with Crippen molar-refractivity contribution >= 4 is 31.4 Å². The standard InChI is InChI=1S/C10H12S3/c1-2-5-6(3-1)8-4-7(5)9-10(8)12-13-11-9/h1-2,5-10H,3-4H2/t5-,6+,7+,8-,9+,10-/m0/s1. The summed E-state index contributed by atoms with van der Waals surface area (Å²) in [5.41, 5.74) is 0. The Morgan fingerprint density at radius 3 is 2.77 bits per heavy atom. The Hall–Kier alpha value is 0.790. The molecule has 1 heterocycles. The van der Waals surface area contributed by atoms with Crippen molar-refractivity contribution in [1.29, 1.82) is 0 Å². The van der Waals surface area contributed by atoms with Crippen LogP contribution in [-0.2, 0) is 0 Å². The number of fused-ring (bicyclic) bond motifs is 8. The molecule has 4 aliphatic rings. The van der Waals surface area contributed by atoms with Gasteiger partial charge in [0.25, 0.3) is 0 Å². The van der Waals surface area contributed by atoms with Crippen LogP contribution in [0.5, 0.6) is 0 Å². The van der Waals surface area contributed by atoms with E-state index in [2.05, 4.69) is 43.6 Å². The summed E-state index contributed by atoms with van der Waals surface area (Å²) in [6, 6.07) is 0. The molecule has 0 aromatic carbocycles. The van der Waals surface area contributed by atoms with Gasteiger partial charge in [-0.2, -0.15) is 0 Å². The highest BCUT2D eigenvalue weighted by Gasteiger charge is 2.60. The van der Waals surface area contributed by atoms with E-state index in [1.54, 1.807) is 6.42 Å². The second-order valence-corrected chi connectivity index (χ2v) is 9.06. The Morgan fingerprint density at radius 1 is 1.00 bits per heavy atom. The fourth-order valence-electron chi connectivity index (χ4n) is 3.84. The molecule has 0 amide bonds. The highest BCUT2D eigenvalue weighted by atomic mass is 33.5. The van der Waals surface area contributed by atoms with E-state index < -0.39 is 0 Å². The third kappa shape index (κ3) is 0.895. The number of hydrogen-bond acceptors (Lipinski definition) is 3. The van der Waals surface area contributed by atoms with Crippen LogP contribution >= 0.6 is 31.4 Å². The minimum Gasteiger partial charge on any atom is -0.0879 e.